The molecule has 0 amide bonds. The molecule has 118 valence electrons. The topological polar surface area (TPSA) is 47.0 Å². The van der Waals surface area contributed by atoms with Gasteiger partial charge in [-0.15, -0.1) is 10.2 Å². The van der Waals surface area contributed by atoms with E-state index in [1.54, 1.807) is 23.1 Å². The van der Waals surface area contributed by atoms with Gasteiger partial charge in [-0.25, -0.2) is 0 Å². The summed E-state index contributed by atoms with van der Waals surface area (Å²) >= 11 is 3.21. The number of nitrogens with zero attached hydrogens (tertiary/aromatic N) is 2. The van der Waals surface area contributed by atoms with Gasteiger partial charge in [-0.2, -0.15) is 0 Å². The SMILES string of the molecule is Cc1ccccc1Nc1nnc(SCCOc2ccccc2)s1. The van der Waals surface area contributed by atoms with E-state index >= 15 is 0 Å². The summed E-state index contributed by atoms with van der Waals surface area (Å²) in [6, 6.07) is 18.0. The van der Waals surface area contributed by atoms with Crippen molar-refractivity contribution in [1.29, 1.82) is 0 Å². The lowest BCUT2D eigenvalue weighted by Crippen LogP contribution is -1.99. The molecule has 3 rings (SSSR count). The Morgan fingerprint density at radius 2 is 1.83 bits per heavy atom. The standard InChI is InChI=1S/C17H17N3OS2/c1-13-7-5-6-10-15(13)18-16-19-20-17(23-16)22-12-11-21-14-8-3-2-4-9-14/h2-10H,11-12H2,1H3,(H,18,19). The maximum absolute atomic E-state index is 5.67. The van der Waals surface area contributed by atoms with Crippen LogP contribution in [0.25, 0.3) is 0 Å². The molecule has 2 aromatic carbocycles. The fourth-order valence-corrected chi connectivity index (χ4v) is 3.60. The molecule has 0 fully saturated rings. The zero-order chi connectivity index (χ0) is 15.9. The first-order valence-corrected chi connectivity index (χ1v) is 9.08. The summed E-state index contributed by atoms with van der Waals surface area (Å²) in [5, 5.41) is 12.5. The van der Waals surface area contributed by atoms with Crippen molar-refractivity contribution in [2.24, 2.45) is 0 Å². The number of ether oxygens (including phenoxy) is 1. The van der Waals surface area contributed by atoms with Gasteiger partial charge in [0.2, 0.25) is 5.13 Å². The first kappa shape index (κ1) is 15.8. The molecule has 1 N–H and O–H groups in total. The van der Waals surface area contributed by atoms with Crippen molar-refractivity contribution in [3.05, 3.63) is 60.2 Å². The van der Waals surface area contributed by atoms with Gasteiger partial charge < -0.3 is 10.1 Å². The van der Waals surface area contributed by atoms with E-state index in [1.165, 1.54) is 5.56 Å². The van der Waals surface area contributed by atoms with Crippen LogP contribution in [0.2, 0.25) is 0 Å². The number of anilines is 2. The summed E-state index contributed by atoms with van der Waals surface area (Å²) in [6.45, 7) is 2.72. The van der Waals surface area contributed by atoms with E-state index in [-0.39, 0.29) is 0 Å². The van der Waals surface area contributed by atoms with Gasteiger partial charge in [0.25, 0.3) is 0 Å². The zero-order valence-electron chi connectivity index (χ0n) is 12.7. The number of aromatic nitrogens is 2. The molecular weight excluding hydrogens is 326 g/mol. The Balaban J connectivity index is 1.47. The van der Waals surface area contributed by atoms with Crippen LogP contribution in [0, 0.1) is 6.92 Å². The van der Waals surface area contributed by atoms with E-state index in [2.05, 4.69) is 28.5 Å². The molecule has 1 aromatic heterocycles. The van der Waals surface area contributed by atoms with Crippen LogP contribution in [-0.4, -0.2) is 22.6 Å². The summed E-state index contributed by atoms with van der Waals surface area (Å²) in [4.78, 5) is 0. The van der Waals surface area contributed by atoms with E-state index in [1.807, 2.05) is 48.5 Å². The predicted octanol–water partition coefficient (Wildman–Crippen LogP) is 4.76. The number of para-hydroxylation sites is 2. The van der Waals surface area contributed by atoms with Crippen LogP contribution >= 0.6 is 23.1 Å². The average molecular weight is 343 g/mol. The van der Waals surface area contributed by atoms with Crippen LogP contribution in [0.15, 0.2) is 58.9 Å². The Bertz CT molecular complexity index is 746. The third-order valence-electron chi connectivity index (χ3n) is 3.11. The molecule has 0 aliphatic carbocycles. The van der Waals surface area contributed by atoms with Crippen molar-refractivity contribution in [1.82, 2.24) is 10.2 Å². The molecule has 3 aromatic rings. The third kappa shape index (κ3) is 4.71. The Morgan fingerprint density at radius 1 is 1.04 bits per heavy atom. The van der Waals surface area contributed by atoms with E-state index in [0.29, 0.717) is 6.61 Å². The Kier molecular flexibility index (Phi) is 5.50. The van der Waals surface area contributed by atoms with E-state index in [4.69, 9.17) is 4.74 Å². The van der Waals surface area contributed by atoms with E-state index in [9.17, 15) is 0 Å². The highest BCUT2D eigenvalue weighted by molar-refractivity contribution is 8.01. The summed E-state index contributed by atoms with van der Waals surface area (Å²) in [5.74, 6) is 1.74. The summed E-state index contributed by atoms with van der Waals surface area (Å²) in [5.41, 5.74) is 2.25. The van der Waals surface area contributed by atoms with Crippen LogP contribution < -0.4 is 10.1 Å². The molecule has 0 saturated carbocycles. The number of nitrogens with one attached hydrogen (secondary N) is 1. The third-order valence-corrected chi connectivity index (χ3v) is 5.05. The van der Waals surface area contributed by atoms with Gasteiger partial charge in [-0.05, 0) is 30.7 Å². The molecule has 0 aliphatic heterocycles. The molecule has 0 saturated heterocycles. The van der Waals surface area contributed by atoms with Gasteiger partial charge in [-0.1, -0.05) is 59.5 Å². The summed E-state index contributed by atoms with van der Waals surface area (Å²) < 4.78 is 6.61. The number of hydrogen-bond acceptors (Lipinski definition) is 6. The van der Waals surface area contributed by atoms with Crippen molar-refractivity contribution < 1.29 is 4.74 Å². The largest absolute Gasteiger partial charge is 0.493 e. The van der Waals surface area contributed by atoms with Crippen LogP contribution in [0.4, 0.5) is 10.8 Å². The molecular formula is C17H17N3OS2. The monoisotopic (exact) mass is 343 g/mol. The quantitative estimate of drug-likeness (QED) is 0.495. The van der Waals surface area contributed by atoms with Gasteiger partial charge in [0.1, 0.15) is 5.75 Å². The minimum Gasteiger partial charge on any atom is -0.493 e. The zero-order valence-corrected chi connectivity index (χ0v) is 14.4. The molecule has 0 aliphatic rings. The molecule has 0 unspecified atom stereocenters. The molecule has 0 bridgehead atoms. The van der Waals surface area contributed by atoms with Gasteiger partial charge in [0.15, 0.2) is 4.34 Å². The fraction of sp³-hybridized carbons (Fsp3) is 0.176. The first-order valence-electron chi connectivity index (χ1n) is 7.28. The predicted molar refractivity (Wildman–Crippen MR) is 97.0 cm³/mol. The Labute approximate surface area is 143 Å². The lowest BCUT2D eigenvalue weighted by molar-refractivity contribution is 0.344. The van der Waals surface area contributed by atoms with Crippen LogP contribution in [0.3, 0.4) is 0 Å². The first-order chi connectivity index (χ1) is 11.3. The molecule has 0 radical (unpaired) electrons. The lowest BCUT2D eigenvalue weighted by atomic mass is 10.2. The summed E-state index contributed by atoms with van der Waals surface area (Å²) in [7, 11) is 0. The number of benzene rings is 2. The molecule has 0 spiro atoms. The maximum atomic E-state index is 5.67. The van der Waals surface area contributed by atoms with Crippen molar-refractivity contribution >= 4 is 33.9 Å². The molecule has 0 atom stereocenters. The van der Waals surface area contributed by atoms with Crippen LogP contribution in [-0.2, 0) is 0 Å². The highest BCUT2D eigenvalue weighted by atomic mass is 32.2. The molecule has 4 nitrogen and oxygen atoms in total. The van der Waals surface area contributed by atoms with E-state index in [0.717, 1.165) is 26.7 Å². The Hall–Kier alpha value is -2.05. The second-order valence-electron chi connectivity index (χ2n) is 4.82. The minimum atomic E-state index is 0.648. The average Bonchev–Trinajstić information content (AvgIpc) is 3.02. The molecule has 1 heterocycles. The second kappa shape index (κ2) is 7.99. The molecule has 6 heteroatoms. The number of aryl methyl sites for hydroxylation is 1. The lowest BCUT2D eigenvalue weighted by Gasteiger charge is -2.04. The van der Waals surface area contributed by atoms with Crippen LogP contribution in [0.1, 0.15) is 5.56 Å². The number of thioether (sulfide) groups is 1. The van der Waals surface area contributed by atoms with Crippen molar-refractivity contribution in [2.45, 2.75) is 11.3 Å². The fourth-order valence-electron chi connectivity index (χ4n) is 1.95. The van der Waals surface area contributed by atoms with Crippen molar-refractivity contribution in [3.63, 3.8) is 0 Å². The minimum absolute atomic E-state index is 0.648. The molecule has 23 heavy (non-hydrogen) atoms. The van der Waals surface area contributed by atoms with Gasteiger partial charge in [-0.3, -0.25) is 0 Å². The number of hydrogen-bond donors (Lipinski definition) is 1. The normalized spacial score (nSPS) is 10.5. The Morgan fingerprint density at radius 3 is 2.65 bits per heavy atom. The van der Waals surface area contributed by atoms with Crippen molar-refractivity contribution in [3.8, 4) is 5.75 Å². The smallest absolute Gasteiger partial charge is 0.210 e. The highest BCUT2D eigenvalue weighted by Crippen LogP contribution is 2.28. The van der Waals surface area contributed by atoms with Gasteiger partial charge in [0, 0.05) is 11.4 Å². The highest BCUT2D eigenvalue weighted by Gasteiger charge is 2.06. The van der Waals surface area contributed by atoms with Gasteiger partial charge in [0.05, 0.1) is 6.61 Å². The van der Waals surface area contributed by atoms with Crippen molar-refractivity contribution in [2.75, 3.05) is 17.7 Å². The van der Waals surface area contributed by atoms with Crippen LogP contribution in [0.5, 0.6) is 5.75 Å². The number of rotatable bonds is 7. The maximum Gasteiger partial charge on any atom is 0.210 e. The van der Waals surface area contributed by atoms with E-state index < -0.39 is 0 Å². The second-order valence-corrected chi connectivity index (χ2v) is 7.14. The summed E-state index contributed by atoms with van der Waals surface area (Å²) in [6.07, 6.45) is 0. The van der Waals surface area contributed by atoms with Gasteiger partial charge >= 0.3 is 0 Å².